The van der Waals surface area contributed by atoms with E-state index in [-0.39, 0.29) is 11.6 Å². The van der Waals surface area contributed by atoms with Gasteiger partial charge in [0.25, 0.3) is 0 Å². The highest BCUT2D eigenvalue weighted by atomic mass is 19.4. The molecule has 2 rings (SSSR count). The van der Waals surface area contributed by atoms with Crippen LogP contribution in [0.25, 0.3) is 0 Å². The second-order valence-corrected chi connectivity index (χ2v) is 3.98. The van der Waals surface area contributed by atoms with Gasteiger partial charge in [-0.2, -0.15) is 13.2 Å². The highest BCUT2D eigenvalue weighted by molar-refractivity contribution is 5.18. The van der Waals surface area contributed by atoms with Crippen LogP contribution in [0.4, 0.5) is 13.2 Å². The predicted molar refractivity (Wildman–Crippen MR) is 62.5 cm³/mol. The van der Waals surface area contributed by atoms with E-state index in [9.17, 15) is 13.2 Å². The van der Waals surface area contributed by atoms with E-state index in [0.29, 0.717) is 19.0 Å². The lowest BCUT2D eigenvalue weighted by Gasteiger charge is -2.19. The lowest BCUT2D eigenvalue weighted by Crippen LogP contribution is -2.15. The number of H-pyrrole nitrogens is 1. The normalized spacial score (nSPS) is 17.2. The van der Waals surface area contributed by atoms with E-state index in [1.165, 1.54) is 6.92 Å². The van der Waals surface area contributed by atoms with Gasteiger partial charge < -0.3 is 9.72 Å². The van der Waals surface area contributed by atoms with E-state index in [0.717, 1.165) is 12.8 Å². The lowest BCUT2D eigenvalue weighted by atomic mass is 10.00. The number of hydrogen-bond acceptors (Lipinski definition) is 2. The van der Waals surface area contributed by atoms with Gasteiger partial charge in [-0.25, -0.2) is 4.98 Å². The Balaban J connectivity index is 0.000000771. The third-order valence-electron chi connectivity index (χ3n) is 2.78. The van der Waals surface area contributed by atoms with E-state index in [4.69, 9.17) is 4.74 Å². The summed E-state index contributed by atoms with van der Waals surface area (Å²) in [6.07, 6.45) is -2.92. The molecule has 104 valence electrons. The van der Waals surface area contributed by atoms with Gasteiger partial charge in [0.1, 0.15) is 5.82 Å². The number of ether oxygens (including phenoxy) is 1. The summed E-state index contributed by atoms with van der Waals surface area (Å²) >= 11 is 0. The quantitative estimate of drug-likeness (QED) is 0.840. The first-order valence-electron chi connectivity index (χ1n) is 6.20. The molecule has 1 saturated heterocycles. The minimum atomic E-state index is -4.37. The van der Waals surface area contributed by atoms with Crippen molar-refractivity contribution in [2.24, 2.45) is 0 Å². The first-order valence-corrected chi connectivity index (χ1v) is 6.20. The summed E-state index contributed by atoms with van der Waals surface area (Å²) in [4.78, 5) is 6.40. The number of aromatic nitrogens is 2. The number of rotatable bonds is 1. The summed E-state index contributed by atoms with van der Waals surface area (Å²) in [7, 11) is 0. The maximum absolute atomic E-state index is 12.5. The zero-order valence-corrected chi connectivity index (χ0v) is 10.9. The molecule has 0 aliphatic carbocycles. The van der Waals surface area contributed by atoms with Crippen LogP contribution in [0.5, 0.6) is 0 Å². The molecule has 6 heteroatoms. The van der Waals surface area contributed by atoms with Crippen molar-refractivity contribution in [1.29, 1.82) is 0 Å². The van der Waals surface area contributed by atoms with Crippen LogP contribution in [0.2, 0.25) is 0 Å². The van der Waals surface area contributed by atoms with Crippen LogP contribution in [0.15, 0.2) is 0 Å². The van der Waals surface area contributed by atoms with Gasteiger partial charge in [-0.1, -0.05) is 13.8 Å². The minimum absolute atomic E-state index is 0.0588. The van der Waals surface area contributed by atoms with Crippen LogP contribution in [-0.2, 0) is 10.9 Å². The van der Waals surface area contributed by atoms with E-state index in [2.05, 4.69) is 9.97 Å². The Morgan fingerprint density at radius 1 is 1.22 bits per heavy atom. The molecule has 0 saturated carbocycles. The van der Waals surface area contributed by atoms with Crippen molar-refractivity contribution in [3.05, 3.63) is 17.2 Å². The van der Waals surface area contributed by atoms with Gasteiger partial charge in [0.05, 0.1) is 0 Å². The largest absolute Gasteiger partial charge is 0.435 e. The monoisotopic (exact) mass is 264 g/mol. The van der Waals surface area contributed by atoms with Crippen molar-refractivity contribution in [3.8, 4) is 0 Å². The van der Waals surface area contributed by atoms with Gasteiger partial charge in [0.15, 0.2) is 5.69 Å². The Kier molecular flexibility index (Phi) is 5.19. The van der Waals surface area contributed by atoms with Crippen LogP contribution < -0.4 is 0 Å². The molecule has 1 aromatic heterocycles. The zero-order chi connectivity index (χ0) is 13.8. The number of aryl methyl sites for hydroxylation is 1. The van der Waals surface area contributed by atoms with Gasteiger partial charge in [-0.05, 0) is 19.8 Å². The van der Waals surface area contributed by atoms with Crippen LogP contribution >= 0.6 is 0 Å². The summed E-state index contributed by atoms with van der Waals surface area (Å²) in [5.74, 6) is 0.497. The summed E-state index contributed by atoms with van der Waals surface area (Å²) in [5.41, 5.74) is -0.706. The van der Waals surface area contributed by atoms with E-state index < -0.39 is 11.9 Å². The molecular formula is C12H19F3N2O. The molecule has 1 aliphatic heterocycles. The third-order valence-corrected chi connectivity index (χ3v) is 2.78. The fourth-order valence-electron chi connectivity index (χ4n) is 1.92. The topological polar surface area (TPSA) is 37.9 Å². The fraction of sp³-hybridized carbons (Fsp3) is 0.750. The molecule has 0 unspecified atom stereocenters. The first kappa shape index (κ1) is 15.0. The number of aromatic amines is 1. The smallest absolute Gasteiger partial charge is 0.381 e. The molecule has 1 fully saturated rings. The molecule has 2 heterocycles. The van der Waals surface area contributed by atoms with Crippen molar-refractivity contribution < 1.29 is 17.9 Å². The molecule has 1 aromatic rings. The standard InChI is InChI=1S/C10H13F3N2O.C2H6/c1-6-8(10(11,12)13)15-9(14-6)7-2-4-16-5-3-7;1-2/h7H,2-5H2,1H3,(H,14,15);1-2H3. The number of nitrogens with zero attached hydrogens (tertiary/aromatic N) is 1. The molecule has 18 heavy (non-hydrogen) atoms. The number of imidazole rings is 1. The molecule has 0 amide bonds. The molecule has 1 N–H and O–H groups in total. The minimum Gasteiger partial charge on any atom is -0.381 e. The number of nitrogens with one attached hydrogen (secondary N) is 1. The highest BCUT2D eigenvalue weighted by Gasteiger charge is 2.36. The van der Waals surface area contributed by atoms with Crippen LogP contribution in [-0.4, -0.2) is 23.2 Å². The van der Waals surface area contributed by atoms with Gasteiger partial charge in [0.2, 0.25) is 0 Å². The molecular weight excluding hydrogens is 245 g/mol. The average Bonchev–Trinajstić information content (AvgIpc) is 2.75. The van der Waals surface area contributed by atoms with Crippen LogP contribution in [0.3, 0.4) is 0 Å². The maximum atomic E-state index is 12.5. The number of alkyl halides is 3. The van der Waals surface area contributed by atoms with E-state index >= 15 is 0 Å². The Bertz CT molecular complexity index is 368. The van der Waals surface area contributed by atoms with E-state index in [1.54, 1.807) is 0 Å². The maximum Gasteiger partial charge on any atom is 0.435 e. The van der Waals surface area contributed by atoms with Crippen LogP contribution in [0, 0.1) is 6.92 Å². The Morgan fingerprint density at radius 3 is 2.22 bits per heavy atom. The Morgan fingerprint density at radius 2 is 1.78 bits per heavy atom. The summed E-state index contributed by atoms with van der Waals surface area (Å²) in [6, 6.07) is 0. The van der Waals surface area contributed by atoms with Crippen molar-refractivity contribution in [2.75, 3.05) is 13.2 Å². The van der Waals surface area contributed by atoms with Crippen LogP contribution in [0.1, 0.15) is 49.8 Å². The van der Waals surface area contributed by atoms with Crippen molar-refractivity contribution in [3.63, 3.8) is 0 Å². The SMILES string of the molecule is CC.Cc1[nH]c(C2CCOCC2)nc1C(F)(F)F. The second-order valence-electron chi connectivity index (χ2n) is 3.98. The van der Waals surface area contributed by atoms with Gasteiger partial charge in [-0.15, -0.1) is 0 Å². The molecule has 0 atom stereocenters. The third kappa shape index (κ3) is 3.48. The molecule has 0 spiro atoms. The molecule has 3 nitrogen and oxygen atoms in total. The highest BCUT2D eigenvalue weighted by Crippen LogP contribution is 2.33. The summed E-state index contributed by atoms with van der Waals surface area (Å²) in [5, 5.41) is 0. The second kappa shape index (κ2) is 6.22. The Hall–Kier alpha value is -1.04. The van der Waals surface area contributed by atoms with Crippen molar-refractivity contribution >= 4 is 0 Å². The van der Waals surface area contributed by atoms with Gasteiger partial charge in [0, 0.05) is 24.8 Å². The summed E-state index contributed by atoms with van der Waals surface area (Å²) in [6.45, 7) is 6.58. The molecule has 0 bridgehead atoms. The van der Waals surface area contributed by atoms with Crippen molar-refractivity contribution in [2.45, 2.75) is 45.7 Å². The first-order chi connectivity index (χ1) is 8.48. The lowest BCUT2D eigenvalue weighted by molar-refractivity contribution is -0.141. The molecule has 0 aromatic carbocycles. The summed E-state index contributed by atoms with van der Waals surface area (Å²) < 4.78 is 42.7. The van der Waals surface area contributed by atoms with Crippen molar-refractivity contribution in [1.82, 2.24) is 9.97 Å². The van der Waals surface area contributed by atoms with Gasteiger partial charge in [-0.3, -0.25) is 0 Å². The number of hydrogen-bond donors (Lipinski definition) is 1. The molecule has 1 aliphatic rings. The molecule has 0 radical (unpaired) electrons. The fourth-order valence-corrected chi connectivity index (χ4v) is 1.92. The van der Waals surface area contributed by atoms with E-state index in [1.807, 2.05) is 13.8 Å². The number of halogens is 3. The Labute approximate surface area is 105 Å². The zero-order valence-electron chi connectivity index (χ0n) is 10.9. The predicted octanol–water partition coefficient (Wildman–Crippen LogP) is 3.66. The average molecular weight is 264 g/mol. The van der Waals surface area contributed by atoms with Gasteiger partial charge >= 0.3 is 6.18 Å².